The molecular weight excluding hydrogens is 262 g/mol. The minimum absolute atomic E-state index is 0.0819. The minimum Gasteiger partial charge on any atom is -0.395 e. The molecule has 112 valence electrons. The summed E-state index contributed by atoms with van der Waals surface area (Å²) in [5.74, 6) is 0.463. The van der Waals surface area contributed by atoms with Gasteiger partial charge in [0.15, 0.2) is 0 Å². The van der Waals surface area contributed by atoms with Crippen molar-refractivity contribution in [3.8, 4) is 0 Å². The maximum atomic E-state index is 11.3. The average Bonchev–Trinajstić information content (AvgIpc) is 2.43. The molecule has 1 heterocycles. The fourth-order valence-electron chi connectivity index (χ4n) is 1.86. The molecule has 8 heteroatoms. The molecule has 0 aliphatic rings. The summed E-state index contributed by atoms with van der Waals surface area (Å²) in [6.07, 6.45) is 3.13. The first-order chi connectivity index (χ1) is 9.65. The maximum absolute atomic E-state index is 11.3. The third-order valence-electron chi connectivity index (χ3n) is 2.78. The normalized spacial score (nSPS) is 10.3. The molecular formula is C12H21N5O3. The first-order valence-electron chi connectivity index (χ1n) is 6.74. The third-order valence-corrected chi connectivity index (χ3v) is 2.78. The van der Waals surface area contributed by atoms with Gasteiger partial charge < -0.3 is 15.3 Å². The lowest BCUT2D eigenvalue weighted by Crippen LogP contribution is -2.29. The molecule has 0 amide bonds. The van der Waals surface area contributed by atoms with Gasteiger partial charge in [0.2, 0.25) is 11.6 Å². The lowest BCUT2D eigenvalue weighted by molar-refractivity contribution is -0.383. The van der Waals surface area contributed by atoms with Gasteiger partial charge in [-0.3, -0.25) is 10.1 Å². The molecule has 1 aromatic rings. The number of hydrogen-bond acceptors (Lipinski definition) is 7. The van der Waals surface area contributed by atoms with Crippen molar-refractivity contribution in [1.29, 1.82) is 0 Å². The van der Waals surface area contributed by atoms with Crippen molar-refractivity contribution in [2.45, 2.75) is 26.7 Å². The van der Waals surface area contributed by atoms with Crippen LogP contribution in [0.4, 0.5) is 17.3 Å². The number of aromatic nitrogens is 2. The maximum Gasteiger partial charge on any atom is 0.353 e. The van der Waals surface area contributed by atoms with E-state index >= 15 is 0 Å². The Kier molecular flexibility index (Phi) is 6.65. The summed E-state index contributed by atoms with van der Waals surface area (Å²) in [7, 11) is 0. The van der Waals surface area contributed by atoms with Crippen molar-refractivity contribution in [3.05, 3.63) is 16.4 Å². The number of unbranched alkanes of at least 4 members (excludes halogenated alkanes) is 1. The quantitative estimate of drug-likeness (QED) is 0.521. The van der Waals surface area contributed by atoms with E-state index in [1.165, 1.54) is 6.33 Å². The topological polar surface area (TPSA) is 104 Å². The third kappa shape index (κ3) is 4.02. The Morgan fingerprint density at radius 1 is 1.40 bits per heavy atom. The van der Waals surface area contributed by atoms with E-state index in [1.54, 1.807) is 4.90 Å². The van der Waals surface area contributed by atoms with E-state index in [1.807, 2.05) is 13.8 Å². The number of anilines is 2. The zero-order valence-electron chi connectivity index (χ0n) is 11.9. The summed E-state index contributed by atoms with van der Waals surface area (Å²) in [4.78, 5) is 20.5. The van der Waals surface area contributed by atoms with E-state index in [2.05, 4.69) is 15.3 Å². The Labute approximate surface area is 118 Å². The highest BCUT2D eigenvalue weighted by Gasteiger charge is 2.26. The fourth-order valence-corrected chi connectivity index (χ4v) is 1.86. The highest BCUT2D eigenvalue weighted by Crippen LogP contribution is 2.31. The van der Waals surface area contributed by atoms with Crippen LogP contribution in [0.3, 0.4) is 0 Å². The Hall–Kier alpha value is -1.96. The van der Waals surface area contributed by atoms with Crippen LogP contribution in [-0.4, -0.2) is 46.2 Å². The van der Waals surface area contributed by atoms with Crippen molar-refractivity contribution in [2.24, 2.45) is 0 Å². The van der Waals surface area contributed by atoms with Crippen LogP contribution in [0.15, 0.2) is 6.33 Å². The second-order valence-electron chi connectivity index (χ2n) is 4.25. The molecule has 0 aliphatic heterocycles. The summed E-state index contributed by atoms with van der Waals surface area (Å²) in [5, 5.41) is 23.3. The molecule has 0 atom stereocenters. The molecule has 0 unspecified atom stereocenters. The van der Waals surface area contributed by atoms with Gasteiger partial charge in [-0.05, 0) is 13.3 Å². The van der Waals surface area contributed by atoms with E-state index < -0.39 is 4.92 Å². The molecule has 0 saturated carbocycles. The lowest BCUT2D eigenvalue weighted by atomic mass is 10.3. The van der Waals surface area contributed by atoms with Gasteiger partial charge in [-0.1, -0.05) is 13.3 Å². The zero-order valence-corrected chi connectivity index (χ0v) is 11.9. The molecule has 20 heavy (non-hydrogen) atoms. The van der Waals surface area contributed by atoms with Crippen molar-refractivity contribution >= 4 is 17.3 Å². The molecule has 0 aliphatic carbocycles. The Balaban J connectivity index is 3.17. The van der Waals surface area contributed by atoms with Crippen LogP contribution in [0.25, 0.3) is 0 Å². The minimum atomic E-state index is -0.482. The molecule has 1 aromatic heterocycles. The summed E-state index contributed by atoms with van der Waals surface area (Å²) in [6.45, 7) is 5.25. The largest absolute Gasteiger partial charge is 0.395 e. The number of rotatable bonds is 9. The summed E-state index contributed by atoms with van der Waals surface area (Å²) in [5.41, 5.74) is -0.140. The van der Waals surface area contributed by atoms with Crippen LogP contribution in [0.5, 0.6) is 0 Å². The number of nitro groups is 1. The standard InChI is InChI=1S/C12H21N5O3/c1-3-5-6-16(7-8-18)12-10(17(19)20)11(13-4-2)14-9-15-12/h9,18H,3-8H2,1-2H3,(H,13,14,15). The average molecular weight is 283 g/mol. The molecule has 0 spiro atoms. The Morgan fingerprint density at radius 3 is 2.70 bits per heavy atom. The molecule has 0 fully saturated rings. The van der Waals surface area contributed by atoms with Gasteiger partial charge in [-0.2, -0.15) is 0 Å². The number of hydrogen-bond donors (Lipinski definition) is 2. The van der Waals surface area contributed by atoms with Gasteiger partial charge in [0.25, 0.3) is 0 Å². The van der Waals surface area contributed by atoms with Crippen molar-refractivity contribution < 1.29 is 10.0 Å². The highest BCUT2D eigenvalue weighted by molar-refractivity contribution is 5.70. The Bertz CT molecular complexity index is 441. The zero-order chi connectivity index (χ0) is 15.0. The van der Waals surface area contributed by atoms with Crippen LogP contribution >= 0.6 is 0 Å². The number of nitrogens with zero attached hydrogens (tertiary/aromatic N) is 4. The van der Waals surface area contributed by atoms with Gasteiger partial charge in [-0.25, -0.2) is 9.97 Å². The van der Waals surface area contributed by atoms with Crippen molar-refractivity contribution in [2.75, 3.05) is 36.5 Å². The monoisotopic (exact) mass is 283 g/mol. The number of aliphatic hydroxyl groups is 1. The van der Waals surface area contributed by atoms with Crippen LogP contribution in [0, 0.1) is 10.1 Å². The van der Waals surface area contributed by atoms with E-state index in [4.69, 9.17) is 5.11 Å². The summed E-state index contributed by atoms with van der Waals surface area (Å²) in [6, 6.07) is 0. The molecule has 0 radical (unpaired) electrons. The summed E-state index contributed by atoms with van der Waals surface area (Å²) < 4.78 is 0. The Morgan fingerprint density at radius 2 is 2.15 bits per heavy atom. The molecule has 2 N–H and O–H groups in total. The molecule has 0 saturated heterocycles. The van der Waals surface area contributed by atoms with Gasteiger partial charge >= 0.3 is 5.69 Å². The molecule has 0 bridgehead atoms. The van der Waals surface area contributed by atoms with E-state index in [9.17, 15) is 10.1 Å². The van der Waals surface area contributed by atoms with Gasteiger partial charge in [0.05, 0.1) is 11.5 Å². The van der Waals surface area contributed by atoms with Crippen molar-refractivity contribution in [3.63, 3.8) is 0 Å². The van der Waals surface area contributed by atoms with E-state index in [0.29, 0.717) is 19.6 Å². The molecule has 1 rings (SSSR count). The second-order valence-corrected chi connectivity index (χ2v) is 4.25. The fraction of sp³-hybridized carbons (Fsp3) is 0.667. The van der Waals surface area contributed by atoms with E-state index in [-0.39, 0.29) is 23.9 Å². The van der Waals surface area contributed by atoms with Gasteiger partial charge in [0, 0.05) is 19.6 Å². The van der Waals surface area contributed by atoms with Crippen molar-refractivity contribution in [1.82, 2.24) is 9.97 Å². The van der Waals surface area contributed by atoms with Crippen LogP contribution in [0.2, 0.25) is 0 Å². The van der Waals surface area contributed by atoms with Gasteiger partial charge in [0.1, 0.15) is 6.33 Å². The number of nitrogens with one attached hydrogen (secondary N) is 1. The predicted octanol–water partition coefficient (Wildman–Crippen LogP) is 1.42. The molecule has 8 nitrogen and oxygen atoms in total. The second kappa shape index (κ2) is 8.26. The molecule has 0 aromatic carbocycles. The summed E-state index contributed by atoms with van der Waals surface area (Å²) >= 11 is 0. The smallest absolute Gasteiger partial charge is 0.353 e. The predicted molar refractivity (Wildman–Crippen MR) is 77.1 cm³/mol. The highest BCUT2D eigenvalue weighted by atomic mass is 16.6. The lowest BCUT2D eigenvalue weighted by Gasteiger charge is -2.22. The van der Waals surface area contributed by atoms with E-state index in [0.717, 1.165) is 12.8 Å². The first-order valence-corrected chi connectivity index (χ1v) is 6.74. The number of aliphatic hydroxyl groups excluding tert-OH is 1. The van der Waals surface area contributed by atoms with Crippen LogP contribution in [0.1, 0.15) is 26.7 Å². The van der Waals surface area contributed by atoms with Crippen LogP contribution in [-0.2, 0) is 0 Å². The van der Waals surface area contributed by atoms with Gasteiger partial charge in [-0.15, -0.1) is 0 Å². The SMILES string of the molecule is CCCCN(CCO)c1ncnc(NCC)c1[N+](=O)[O-]. The first kappa shape index (κ1) is 16.1. The van der Waals surface area contributed by atoms with Crippen LogP contribution < -0.4 is 10.2 Å².